The van der Waals surface area contributed by atoms with E-state index in [1.54, 1.807) is 48.6 Å². The van der Waals surface area contributed by atoms with Crippen LogP contribution >= 0.6 is 0 Å². The molecule has 0 atom stereocenters. The SMILES string of the molecule is C1COCCN1.COc1ccc(S(=O)(=O)N(C(C)=O)c2ccccc2C=Cc2cc[n+]([O-])cc2)cc1. The summed E-state index contributed by atoms with van der Waals surface area (Å²) >= 11 is 0. The molecule has 10 heteroatoms. The van der Waals surface area contributed by atoms with E-state index in [2.05, 4.69) is 5.32 Å². The first-order valence-corrected chi connectivity index (χ1v) is 12.7. The first-order valence-electron chi connectivity index (χ1n) is 11.3. The summed E-state index contributed by atoms with van der Waals surface area (Å²) in [6, 6.07) is 15.8. The second-order valence-electron chi connectivity index (χ2n) is 7.71. The molecule has 4 rings (SSSR count). The predicted octanol–water partition coefficient (Wildman–Crippen LogP) is 2.85. The fourth-order valence-electron chi connectivity index (χ4n) is 3.37. The average molecular weight is 512 g/mol. The van der Waals surface area contributed by atoms with E-state index in [1.165, 1.54) is 50.7 Å². The Balaban J connectivity index is 0.000000526. The number of carbonyl (C=O) groups is 1. The van der Waals surface area contributed by atoms with Gasteiger partial charge in [-0.2, -0.15) is 4.73 Å². The molecule has 2 heterocycles. The number of hydrogen-bond acceptors (Lipinski definition) is 7. The molecule has 1 aliphatic heterocycles. The van der Waals surface area contributed by atoms with Crippen LogP contribution in [-0.4, -0.2) is 47.7 Å². The molecule has 1 N–H and O–H groups in total. The van der Waals surface area contributed by atoms with Gasteiger partial charge in [0, 0.05) is 32.1 Å². The molecule has 0 radical (unpaired) electrons. The van der Waals surface area contributed by atoms with Crippen LogP contribution in [0.25, 0.3) is 12.2 Å². The van der Waals surface area contributed by atoms with Crippen LogP contribution in [0.2, 0.25) is 0 Å². The third kappa shape index (κ3) is 7.14. The highest BCUT2D eigenvalue weighted by Gasteiger charge is 2.30. The number of nitrogens with one attached hydrogen (secondary N) is 1. The highest BCUT2D eigenvalue weighted by molar-refractivity contribution is 7.93. The lowest BCUT2D eigenvalue weighted by atomic mass is 10.1. The lowest BCUT2D eigenvalue weighted by Gasteiger charge is -2.23. The summed E-state index contributed by atoms with van der Waals surface area (Å²) in [6.45, 7) is 5.03. The highest BCUT2D eigenvalue weighted by Crippen LogP contribution is 2.29. The van der Waals surface area contributed by atoms with Gasteiger partial charge in [-0.25, -0.2) is 12.7 Å². The first kappa shape index (κ1) is 26.9. The standard InChI is InChI=1S/C22H20N2O5S.C4H9NO/c1-17(25)24(30(27,28)21-11-9-20(29-2)10-12-21)22-6-4-3-5-19(22)8-7-18-13-15-23(26)16-14-18;1-3-6-4-2-5-1/h3-16H,1-2H3;5H,1-4H2. The van der Waals surface area contributed by atoms with E-state index in [1.807, 2.05) is 0 Å². The van der Waals surface area contributed by atoms with Crippen LogP contribution in [0.1, 0.15) is 18.1 Å². The van der Waals surface area contributed by atoms with Crippen LogP contribution in [0.4, 0.5) is 5.69 Å². The molecular weight excluding hydrogens is 482 g/mol. The Labute approximate surface area is 211 Å². The zero-order chi connectivity index (χ0) is 26.0. The molecule has 1 aliphatic rings. The molecule has 3 aromatic rings. The second kappa shape index (κ2) is 12.8. The molecule has 1 fully saturated rings. The summed E-state index contributed by atoms with van der Waals surface area (Å²) < 4.78 is 38.0. The van der Waals surface area contributed by atoms with Crippen LogP contribution in [-0.2, 0) is 19.6 Å². The van der Waals surface area contributed by atoms with Gasteiger partial charge in [-0.15, -0.1) is 0 Å². The Morgan fingerprint density at radius 2 is 1.67 bits per heavy atom. The van der Waals surface area contributed by atoms with Crippen LogP contribution in [0.5, 0.6) is 5.75 Å². The van der Waals surface area contributed by atoms with E-state index in [-0.39, 0.29) is 10.6 Å². The second-order valence-corrected chi connectivity index (χ2v) is 9.50. The topological polar surface area (TPSA) is 112 Å². The van der Waals surface area contributed by atoms with Crippen molar-refractivity contribution < 1.29 is 27.4 Å². The number of rotatable bonds is 6. The minimum absolute atomic E-state index is 0.0275. The van der Waals surface area contributed by atoms with Crippen LogP contribution in [0.15, 0.2) is 78.0 Å². The molecular formula is C26H29N3O6S. The van der Waals surface area contributed by atoms with E-state index in [4.69, 9.17) is 9.47 Å². The number of para-hydroxylation sites is 1. The molecule has 0 spiro atoms. The lowest BCUT2D eigenvalue weighted by Crippen LogP contribution is -2.35. The van der Waals surface area contributed by atoms with Gasteiger partial charge in [-0.1, -0.05) is 30.4 Å². The molecule has 0 bridgehead atoms. The van der Waals surface area contributed by atoms with Crippen molar-refractivity contribution in [1.29, 1.82) is 0 Å². The quantitative estimate of drug-likeness (QED) is 0.400. The van der Waals surface area contributed by atoms with Crippen molar-refractivity contribution in [3.05, 3.63) is 89.4 Å². The molecule has 0 aliphatic carbocycles. The number of methoxy groups -OCH3 is 1. The Morgan fingerprint density at radius 3 is 2.19 bits per heavy atom. The van der Waals surface area contributed by atoms with Crippen molar-refractivity contribution in [2.75, 3.05) is 37.7 Å². The van der Waals surface area contributed by atoms with E-state index >= 15 is 0 Å². The number of ether oxygens (including phenoxy) is 2. The third-order valence-electron chi connectivity index (χ3n) is 5.17. The smallest absolute Gasteiger partial charge is 0.270 e. The average Bonchev–Trinajstić information content (AvgIpc) is 2.90. The number of pyridine rings is 1. The normalized spacial score (nSPS) is 13.5. The number of sulfonamides is 1. The van der Waals surface area contributed by atoms with E-state index in [0.717, 1.165) is 36.2 Å². The van der Waals surface area contributed by atoms with Crippen molar-refractivity contribution in [2.45, 2.75) is 11.8 Å². The fraction of sp³-hybridized carbons (Fsp3) is 0.231. The lowest BCUT2D eigenvalue weighted by molar-refractivity contribution is -0.605. The van der Waals surface area contributed by atoms with Crippen molar-refractivity contribution in [3.8, 4) is 5.75 Å². The molecule has 1 aromatic heterocycles. The number of hydrogen-bond donors (Lipinski definition) is 1. The number of morpholine rings is 1. The summed E-state index contributed by atoms with van der Waals surface area (Å²) in [7, 11) is -2.66. The van der Waals surface area contributed by atoms with Crippen molar-refractivity contribution in [2.24, 2.45) is 0 Å². The van der Waals surface area contributed by atoms with Gasteiger partial charge in [0.2, 0.25) is 5.91 Å². The van der Waals surface area contributed by atoms with Gasteiger partial charge in [-0.05, 0) is 41.5 Å². The van der Waals surface area contributed by atoms with Crippen molar-refractivity contribution in [3.63, 3.8) is 0 Å². The molecule has 1 saturated heterocycles. The van der Waals surface area contributed by atoms with Crippen LogP contribution in [0, 0.1) is 5.21 Å². The molecule has 190 valence electrons. The number of carbonyl (C=O) groups excluding carboxylic acids is 1. The van der Waals surface area contributed by atoms with E-state index in [0.29, 0.717) is 16.0 Å². The zero-order valence-electron chi connectivity index (χ0n) is 20.2. The Kier molecular flexibility index (Phi) is 9.57. The number of anilines is 1. The summed E-state index contributed by atoms with van der Waals surface area (Å²) in [5.74, 6) is -0.132. The number of aromatic nitrogens is 1. The molecule has 0 unspecified atom stereocenters. The van der Waals surface area contributed by atoms with Crippen molar-refractivity contribution >= 4 is 33.8 Å². The first-order chi connectivity index (χ1) is 17.3. The van der Waals surface area contributed by atoms with Gasteiger partial charge >= 0.3 is 0 Å². The maximum Gasteiger partial charge on any atom is 0.270 e. The van der Waals surface area contributed by atoms with Gasteiger partial charge < -0.3 is 20.0 Å². The van der Waals surface area contributed by atoms with Gasteiger partial charge in [-0.3, -0.25) is 4.79 Å². The highest BCUT2D eigenvalue weighted by atomic mass is 32.2. The molecule has 2 aromatic carbocycles. The van der Waals surface area contributed by atoms with Gasteiger partial charge in [0.25, 0.3) is 10.0 Å². The zero-order valence-corrected chi connectivity index (χ0v) is 21.0. The number of amides is 1. The molecule has 1 amide bonds. The Bertz CT molecular complexity index is 1260. The summed E-state index contributed by atoms with van der Waals surface area (Å²) in [6.07, 6.45) is 6.15. The number of benzene rings is 2. The van der Waals surface area contributed by atoms with E-state index < -0.39 is 15.9 Å². The van der Waals surface area contributed by atoms with Gasteiger partial charge in [0.05, 0.1) is 30.9 Å². The maximum absolute atomic E-state index is 13.2. The summed E-state index contributed by atoms with van der Waals surface area (Å²) in [5.41, 5.74) is 1.51. The maximum atomic E-state index is 13.2. The fourth-order valence-corrected chi connectivity index (χ4v) is 4.83. The largest absolute Gasteiger partial charge is 0.619 e. The minimum atomic E-state index is -4.14. The van der Waals surface area contributed by atoms with E-state index in [9.17, 15) is 18.4 Å². The summed E-state index contributed by atoms with van der Waals surface area (Å²) in [5, 5.41) is 14.3. The predicted molar refractivity (Wildman–Crippen MR) is 138 cm³/mol. The van der Waals surface area contributed by atoms with Gasteiger partial charge in [0.1, 0.15) is 5.75 Å². The van der Waals surface area contributed by atoms with Gasteiger partial charge in [0.15, 0.2) is 12.4 Å². The van der Waals surface area contributed by atoms with Crippen LogP contribution in [0.3, 0.4) is 0 Å². The third-order valence-corrected chi connectivity index (χ3v) is 6.97. The van der Waals surface area contributed by atoms with Crippen LogP contribution < -0.4 is 19.1 Å². The molecule has 36 heavy (non-hydrogen) atoms. The monoisotopic (exact) mass is 511 g/mol. The molecule has 9 nitrogen and oxygen atoms in total. The number of nitrogens with zero attached hydrogens (tertiary/aromatic N) is 2. The minimum Gasteiger partial charge on any atom is -0.619 e. The Hall–Kier alpha value is -3.73. The molecule has 0 saturated carbocycles. The van der Waals surface area contributed by atoms with Crippen molar-refractivity contribution in [1.82, 2.24) is 5.32 Å². The summed E-state index contributed by atoms with van der Waals surface area (Å²) in [4.78, 5) is 12.4. The Morgan fingerprint density at radius 1 is 1.03 bits per heavy atom.